The largest absolute Gasteiger partial charge is 0.489 e. The van der Waals surface area contributed by atoms with E-state index in [0.29, 0.717) is 32.7 Å². The van der Waals surface area contributed by atoms with Crippen LogP contribution in [0.5, 0.6) is 5.75 Å². The molecule has 3 aliphatic rings. The Morgan fingerprint density at radius 1 is 1.09 bits per heavy atom. The first-order valence-corrected chi connectivity index (χ1v) is 12.8. The summed E-state index contributed by atoms with van der Waals surface area (Å²) in [5.41, 5.74) is 1.10. The molecule has 3 aliphatic heterocycles. The van der Waals surface area contributed by atoms with Gasteiger partial charge in [0.1, 0.15) is 12.4 Å². The van der Waals surface area contributed by atoms with Crippen molar-refractivity contribution in [3.8, 4) is 5.75 Å². The molecule has 3 heterocycles. The van der Waals surface area contributed by atoms with Crippen LogP contribution in [0.15, 0.2) is 36.4 Å². The molecule has 0 saturated carbocycles. The van der Waals surface area contributed by atoms with E-state index in [4.69, 9.17) is 4.74 Å². The van der Waals surface area contributed by atoms with Crippen molar-refractivity contribution in [1.82, 2.24) is 19.6 Å². The summed E-state index contributed by atoms with van der Waals surface area (Å²) >= 11 is 0. The topological polar surface area (TPSA) is 56.3 Å². The third-order valence-electron chi connectivity index (χ3n) is 7.59. The number of likely N-dealkylation sites (N-methyl/N-ethyl adjacent to an activating group) is 1. The van der Waals surface area contributed by atoms with Crippen LogP contribution in [0.1, 0.15) is 32.3 Å². The standard InChI is InChI=1S/C27H40N4O3/c1-21(2)31-19-24-7-4-5-9-25(24)34-16-6-8-23-18-30(27(33)20-31)11-10-22(23)17-26(32)29-14-12-28(3)13-15-29/h4-9,21-23H,10-20H2,1-3H3/t22-,23-/m0/s1. The molecule has 2 saturated heterocycles. The van der Waals surface area contributed by atoms with Gasteiger partial charge in [-0.3, -0.25) is 14.5 Å². The van der Waals surface area contributed by atoms with Crippen LogP contribution in [0.4, 0.5) is 0 Å². The molecule has 0 unspecified atom stereocenters. The van der Waals surface area contributed by atoms with Crippen LogP contribution in [0.2, 0.25) is 0 Å². The summed E-state index contributed by atoms with van der Waals surface area (Å²) in [6.07, 6.45) is 5.68. The summed E-state index contributed by atoms with van der Waals surface area (Å²) in [4.78, 5) is 34.9. The molecule has 186 valence electrons. The zero-order valence-corrected chi connectivity index (χ0v) is 21.0. The van der Waals surface area contributed by atoms with Gasteiger partial charge in [-0.15, -0.1) is 0 Å². The summed E-state index contributed by atoms with van der Waals surface area (Å²) in [7, 11) is 2.10. The Morgan fingerprint density at radius 2 is 1.85 bits per heavy atom. The zero-order chi connectivity index (χ0) is 24.1. The number of piperidine rings is 1. The molecule has 0 N–H and O–H groups in total. The number of ether oxygens (including phenoxy) is 1. The molecular formula is C27H40N4O3. The lowest BCUT2D eigenvalue weighted by atomic mass is 9.82. The Hall–Kier alpha value is -2.38. The average molecular weight is 469 g/mol. The summed E-state index contributed by atoms with van der Waals surface area (Å²) in [5, 5.41) is 0. The van der Waals surface area contributed by atoms with Gasteiger partial charge in [0.2, 0.25) is 11.8 Å². The van der Waals surface area contributed by atoms with E-state index in [9.17, 15) is 9.59 Å². The molecule has 0 aliphatic carbocycles. The van der Waals surface area contributed by atoms with E-state index < -0.39 is 0 Å². The molecule has 7 nitrogen and oxygen atoms in total. The number of carbonyl (C=O) groups excluding carboxylic acids is 2. The van der Waals surface area contributed by atoms with Crippen LogP contribution in [0, 0.1) is 11.8 Å². The maximum atomic E-state index is 13.3. The second-order valence-electron chi connectivity index (χ2n) is 10.3. The minimum absolute atomic E-state index is 0.168. The smallest absolute Gasteiger partial charge is 0.236 e. The van der Waals surface area contributed by atoms with Gasteiger partial charge in [-0.2, -0.15) is 0 Å². The number of benzene rings is 1. The Balaban J connectivity index is 1.49. The molecule has 2 atom stereocenters. The van der Waals surface area contributed by atoms with E-state index in [1.54, 1.807) is 0 Å². The van der Waals surface area contributed by atoms with E-state index >= 15 is 0 Å². The van der Waals surface area contributed by atoms with E-state index in [1.807, 2.05) is 28.0 Å². The van der Waals surface area contributed by atoms with E-state index in [0.717, 1.165) is 50.5 Å². The predicted octanol–water partition coefficient (Wildman–Crippen LogP) is 2.47. The highest BCUT2D eigenvalue weighted by Gasteiger charge is 2.33. The maximum absolute atomic E-state index is 13.3. The molecular weight excluding hydrogens is 428 g/mol. The first-order valence-electron chi connectivity index (χ1n) is 12.8. The summed E-state index contributed by atoms with van der Waals surface area (Å²) in [6, 6.07) is 8.34. The number of hydrogen-bond acceptors (Lipinski definition) is 5. The number of para-hydroxylation sites is 1. The second-order valence-corrected chi connectivity index (χ2v) is 10.3. The molecule has 2 bridgehead atoms. The van der Waals surface area contributed by atoms with Gasteiger partial charge in [0.05, 0.1) is 6.54 Å². The predicted molar refractivity (Wildman–Crippen MR) is 133 cm³/mol. The van der Waals surface area contributed by atoms with Gasteiger partial charge in [-0.25, -0.2) is 0 Å². The first-order chi connectivity index (χ1) is 16.4. The lowest BCUT2D eigenvalue weighted by Crippen LogP contribution is -2.50. The van der Waals surface area contributed by atoms with Gasteiger partial charge in [-0.1, -0.05) is 30.4 Å². The van der Waals surface area contributed by atoms with Crippen LogP contribution in [-0.4, -0.2) is 96.9 Å². The number of rotatable bonds is 3. The lowest BCUT2D eigenvalue weighted by Gasteiger charge is -2.40. The molecule has 2 fully saturated rings. The van der Waals surface area contributed by atoms with Crippen LogP contribution >= 0.6 is 0 Å². The minimum Gasteiger partial charge on any atom is -0.489 e. The third kappa shape index (κ3) is 6.19. The zero-order valence-electron chi connectivity index (χ0n) is 21.0. The Morgan fingerprint density at radius 3 is 2.62 bits per heavy atom. The fourth-order valence-electron chi connectivity index (χ4n) is 5.19. The Kier molecular flexibility index (Phi) is 8.27. The highest BCUT2D eigenvalue weighted by molar-refractivity contribution is 5.79. The maximum Gasteiger partial charge on any atom is 0.236 e. The van der Waals surface area contributed by atoms with Gasteiger partial charge in [0, 0.05) is 63.8 Å². The Bertz CT molecular complexity index is 878. The second kappa shape index (κ2) is 11.4. The van der Waals surface area contributed by atoms with Gasteiger partial charge in [0.15, 0.2) is 0 Å². The van der Waals surface area contributed by atoms with Crippen molar-refractivity contribution in [2.24, 2.45) is 11.8 Å². The molecule has 2 amide bonds. The molecule has 0 aromatic heterocycles. The minimum atomic E-state index is 0.168. The van der Waals surface area contributed by atoms with Gasteiger partial charge < -0.3 is 19.4 Å². The first kappa shape index (κ1) is 24.7. The van der Waals surface area contributed by atoms with Crippen LogP contribution < -0.4 is 4.74 Å². The molecule has 0 radical (unpaired) electrons. The van der Waals surface area contributed by atoms with Crippen molar-refractivity contribution >= 4 is 11.8 Å². The van der Waals surface area contributed by atoms with E-state index in [1.165, 1.54) is 0 Å². The fourth-order valence-corrected chi connectivity index (χ4v) is 5.19. The SMILES string of the molecule is CC(C)N1CC(=O)N2CC[C@@H](CC(=O)N3CCN(C)CC3)[C@@H](C=CCOc3ccccc3C1)C2. The number of hydrogen-bond donors (Lipinski definition) is 0. The normalized spacial score (nSPS) is 25.2. The molecule has 7 heteroatoms. The van der Waals surface area contributed by atoms with Crippen molar-refractivity contribution in [1.29, 1.82) is 0 Å². The Labute approximate surface area is 204 Å². The van der Waals surface area contributed by atoms with Crippen molar-refractivity contribution in [3.05, 3.63) is 42.0 Å². The highest BCUT2D eigenvalue weighted by atomic mass is 16.5. The van der Waals surface area contributed by atoms with Crippen LogP contribution in [-0.2, 0) is 16.1 Å². The van der Waals surface area contributed by atoms with Gasteiger partial charge in [0.25, 0.3) is 0 Å². The van der Waals surface area contributed by atoms with Crippen molar-refractivity contribution < 1.29 is 14.3 Å². The molecule has 1 aromatic rings. The van der Waals surface area contributed by atoms with Crippen molar-refractivity contribution in [3.63, 3.8) is 0 Å². The lowest BCUT2D eigenvalue weighted by molar-refractivity contribution is -0.137. The number of nitrogens with zero attached hydrogens (tertiary/aromatic N) is 4. The van der Waals surface area contributed by atoms with E-state index in [2.05, 4.69) is 48.9 Å². The summed E-state index contributed by atoms with van der Waals surface area (Å²) < 4.78 is 6.12. The highest BCUT2D eigenvalue weighted by Crippen LogP contribution is 2.30. The van der Waals surface area contributed by atoms with Crippen LogP contribution in [0.25, 0.3) is 0 Å². The molecule has 0 spiro atoms. The van der Waals surface area contributed by atoms with Gasteiger partial charge in [-0.05, 0) is 45.2 Å². The molecule has 4 rings (SSSR count). The number of carbonyl (C=O) groups is 2. The van der Waals surface area contributed by atoms with E-state index in [-0.39, 0.29) is 29.7 Å². The molecule has 1 aromatic carbocycles. The average Bonchev–Trinajstić information content (AvgIpc) is 2.83. The number of amides is 2. The van der Waals surface area contributed by atoms with Crippen LogP contribution in [0.3, 0.4) is 0 Å². The number of piperazine rings is 1. The van der Waals surface area contributed by atoms with Crippen molar-refractivity contribution in [2.75, 3.05) is 59.5 Å². The summed E-state index contributed by atoms with van der Waals surface area (Å²) in [5.74, 6) is 1.72. The fraction of sp³-hybridized carbons (Fsp3) is 0.630. The van der Waals surface area contributed by atoms with Crippen molar-refractivity contribution in [2.45, 2.75) is 39.3 Å². The third-order valence-corrected chi connectivity index (χ3v) is 7.59. The summed E-state index contributed by atoms with van der Waals surface area (Å²) in [6.45, 7) is 10.7. The quantitative estimate of drug-likeness (QED) is 0.638. The molecule has 34 heavy (non-hydrogen) atoms. The number of fused-ring (bicyclic) bond motifs is 3. The monoisotopic (exact) mass is 468 g/mol. The van der Waals surface area contributed by atoms with Gasteiger partial charge >= 0.3 is 0 Å².